The maximum Gasteiger partial charge on any atom is 0.471 e. The first-order valence-corrected chi connectivity index (χ1v) is 4.38. The molecule has 0 aromatic rings. The molecule has 1 aliphatic rings. The summed E-state index contributed by atoms with van der Waals surface area (Å²) in [6.07, 6.45) is -4.74. The van der Waals surface area contributed by atoms with Gasteiger partial charge in [0.2, 0.25) is 0 Å². The normalized spacial score (nSPS) is 25.2. The third-order valence-corrected chi connectivity index (χ3v) is 2.49. The molecule has 3 nitrogen and oxygen atoms in total. The lowest BCUT2D eigenvalue weighted by molar-refractivity contribution is -0.187. The summed E-state index contributed by atoms with van der Waals surface area (Å²) in [7, 11) is 1.83. The minimum Gasteiger partial charge on any atom is -0.332 e. The molecular weight excluding hydrogens is 197 g/mol. The second-order valence-corrected chi connectivity index (χ2v) is 3.58. The van der Waals surface area contributed by atoms with Gasteiger partial charge in [0.15, 0.2) is 0 Å². The van der Waals surface area contributed by atoms with E-state index >= 15 is 0 Å². The number of amides is 1. The number of nitrogens with zero attached hydrogens (tertiary/aromatic N) is 2. The molecule has 0 radical (unpaired) electrons. The Morgan fingerprint density at radius 3 is 2.36 bits per heavy atom. The summed E-state index contributed by atoms with van der Waals surface area (Å²) in [4.78, 5) is 13.7. The Morgan fingerprint density at radius 1 is 1.36 bits per heavy atom. The Hall–Kier alpha value is -0.780. The molecule has 0 aromatic heterocycles. The van der Waals surface area contributed by atoms with Gasteiger partial charge < -0.3 is 9.80 Å². The van der Waals surface area contributed by atoms with E-state index in [1.165, 1.54) is 0 Å². The average Bonchev–Trinajstić information content (AvgIpc) is 2.07. The SMILES string of the molecule is CC1CN(C(=O)C(F)(F)F)CCN1C. The van der Waals surface area contributed by atoms with Crippen molar-refractivity contribution >= 4 is 5.91 Å². The number of carbonyl (C=O) groups excluding carboxylic acids is 1. The van der Waals surface area contributed by atoms with Crippen LogP contribution in [0, 0.1) is 0 Å². The molecule has 1 rings (SSSR count). The number of carbonyl (C=O) groups is 1. The first-order chi connectivity index (χ1) is 6.32. The highest BCUT2D eigenvalue weighted by Crippen LogP contribution is 2.20. The number of alkyl halides is 3. The van der Waals surface area contributed by atoms with Gasteiger partial charge in [0.25, 0.3) is 0 Å². The monoisotopic (exact) mass is 210 g/mol. The van der Waals surface area contributed by atoms with E-state index in [4.69, 9.17) is 0 Å². The maximum atomic E-state index is 12.1. The van der Waals surface area contributed by atoms with Crippen molar-refractivity contribution in [2.75, 3.05) is 26.7 Å². The van der Waals surface area contributed by atoms with E-state index in [-0.39, 0.29) is 19.1 Å². The van der Waals surface area contributed by atoms with E-state index in [0.29, 0.717) is 6.54 Å². The fraction of sp³-hybridized carbons (Fsp3) is 0.875. The summed E-state index contributed by atoms with van der Waals surface area (Å²) in [6.45, 7) is 2.59. The summed E-state index contributed by atoms with van der Waals surface area (Å²) < 4.78 is 36.2. The quantitative estimate of drug-likeness (QED) is 0.588. The van der Waals surface area contributed by atoms with Crippen LogP contribution in [0.15, 0.2) is 0 Å². The molecule has 1 heterocycles. The maximum absolute atomic E-state index is 12.1. The standard InChI is InChI=1S/C8H13F3N2O/c1-6-5-13(4-3-12(6)2)7(14)8(9,10)11/h6H,3-5H2,1-2H3. The van der Waals surface area contributed by atoms with Gasteiger partial charge in [0.05, 0.1) is 0 Å². The molecular formula is C8H13F3N2O. The van der Waals surface area contributed by atoms with Crippen molar-refractivity contribution in [3.8, 4) is 0 Å². The van der Waals surface area contributed by atoms with Crippen molar-refractivity contribution in [2.24, 2.45) is 0 Å². The highest BCUT2D eigenvalue weighted by molar-refractivity contribution is 5.82. The van der Waals surface area contributed by atoms with Gasteiger partial charge in [-0.25, -0.2) is 0 Å². The van der Waals surface area contributed by atoms with Crippen LogP contribution in [0.3, 0.4) is 0 Å². The van der Waals surface area contributed by atoms with E-state index in [2.05, 4.69) is 0 Å². The van der Waals surface area contributed by atoms with Crippen molar-refractivity contribution in [3.05, 3.63) is 0 Å². The van der Waals surface area contributed by atoms with Gasteiger partial charge in [-0.05, 0) is 14.0 Å². The van der Waals surface area contributed by atoms with Crippen molar-refractivity contribution in [1.82, 2.24) is 9.80 Å². The minimum atomic E-state index is -4.74. The molecule has 0 N–H and O–H groups in total. The van der Waals surface area contributed by atoms with Crippen molar-refractivity contribution in [1.29, 1.82) is 0 Å². The van der Waals surface area contributed by atoms with Crippen LogP contribution in [0.1, 0.15) is 6.92 Å². The first-order valence-electron chi connectivity index (χ1n) is 4.38. The predicted molar refractivity (Wildman–Crippen MR) is 44.7 cm³/mol. The van der Waals surface area contributed by atoms with Gasteiger partial charge in [-0.15, -0.1) is 0 Å². The van der Waals surface area contributed by atoms with Crippen LogP contribution in [-0.4, -0.2) is 54.6 Å². The molecule has 14 heavy (non-hydrogen) atoms. The van der Waals surface area contributed by atoms with Gasteiger partial charge in [0.1, 0.15) is 0 Å². The number of halogens is 3. The molecule has 6 heteroatoms. The van der Waals surface area contributed by atoms with E-state index in [1.54, 1.807) is 6.92 Å². The summed E-state index contributed by atoms with van der Waals surface area (Å²) in [5.41, 5.74) is 0. The zero-order chi connectivity index (χ0) is 10.9. The Bertz CT molecular complexity index is 229. The number of hydrogen-bond donors (Lipinski definition) is 0. The third kappa shape index (κ3) is 2.37. The fourth-order valence-corrected chi connectivity index (χ4v) is 1.41. The van der Waals surface area contributed by atoms with Gasteiger partial charge >= 0.3 is 12.1 Å². The fourth-order valence-electron chi connectivity index (χ4n) is 1.41. The zero-order valence-electron chi connectivity index (χ0n) is 8.14. The van der Waals surface area contributed by atoms with Gasteiger partial charge in [-0.2, -0.15) is 13.2 Å². The number of hydrogen-bond acceptors (Lipinski definition) is 2. The van der Waals surface area contributed by atoms with Gasteiger partial charge in [-0.3, -0.25) is 4.79 Å². The molecule has 0 bridgehead atoms. The lowest BCUT2D eigenvalue weighted by Gasteiger charge is -2.37. The second-order valence-electron chi connectivity index (χ2n) is 3.58. The molecule has 1 fully saturated rings. The van der Waals surface area contributed by atoms with Crippen molar-refractivity contribution in [2.45, 2.75) is 19.1 Å². The molecule has 1 atom stereocenters. The summed E-state index contributed by atoms with van der Waals surface area (Å²) in [6, 6.07) is -0.0185. The lowest BCUT2D eigenvalue weighted by atomic mass is 10.2. The molecule has 1 amide bonds. The number of rotatable bonds is 0. The van der Waals surface area contributed by atoms with Crippen molar-refractivity contribution in [3.63, 3.8) is 0 Å². The smallest absolute Gasteiger partial charge is 0.332 e. The third-order valence-electron chi connectivity index (χ3n) is 2.49. The summed E-state index contributed by atoms with van der Waals surface area (Å²) >= 11 is 0. The van der Waals surface area contributed by atoms with Gasteiger partial charge in [-0.1, -0.05) is 0 Å². The van der Waals surface area contributed by atoms with Crippen LogP contribution in [0.25, 0.3) is 0 Å². The Labute approximate surface area is 80.5 Å². The summed E-state index contributed by atoms with van der Waals surface area (Å²) in [5, 5.41) is 0. The molecule has 0 aromatic carbocycles. The number of piperazine rings is 1. The topological polar surface area (TPSA) is 23.6 Å². The molecule has 1 unspecified atom stereocenters. The molecule has 1 saturated heterocycles. The molecule has 0 spiro atoms. The van der Waals surface area contributed by atoms with E-state index in [9.17, 15) is 18.0 Å². The molecule has 0 saturated carbocycles. The Kier molecular flexibility index (Phi) is 3.04. The van der Waals surface area contributed by atoms with Crippen molar-refractivity contribution < 1.29 is 18.0 Å². The Morgan fingerprint density at radius 2 is 1.93 bits per heavy atom. The predicted octanol–water partition coefficient (Wildman–Crippen LogP) is 0.711. The molecule has 0 aliphatic carbocycles. The minimum absolute atomic E-state index is 0.0185. The van der Waals surface area contributed by atoms with E-state index in [1.807, 2.05) is 11.9 Å². The van der Waals surface area contributed by atoms with Gasteiger partial charge in [0, 0.05) is 25.7 Å². The van der Waals surface area contributed by atoms with E-state index < -0.39 is 12.1 Å². The first kappa shape index (κ1) is 11.3. The Balaban J connectivity index is 2.59. The van der Waals surface area contributed by atoms with Crippen LogP contribution in [-0.2, 0) is 4.79 Å². The summed E-state index contributed by atoms with van der Waals surface area (Å²) in [5.74, 6) is -1.72. The van der Waals surface area contributed by atoms with Crippen LogP contribution in [0.2, 0.25) is 0 Å². The highest BCUT2D eigenvalue weighted by Gasteiger charge is 2.43. The van der Waals surface area contributed by atoms with Crippen LogP contribution >= 0.6 is 0 Å². The highest BCUT2D eigenvalue weighted by atomic mass is 19.4. The van der Waals surface area contributed by atoms with Crippen LogP contribution in [0.4, 0.5) is 13.2 Å². The number of likely N-dealkylation sites (N-methyl/N-ethyl adjacent to an activating group) is 1. The van der Waals surface area contributed by atoms with Crippen LogP contribution < -0.4 is 0 Å². The average molecular weight is 210 g/mol. The zero-order valence-corrected chi connectivity index (χ0v) is 8.14. The second kappa shape index (κ2) is 3.76. The molecule has 82 valence electrons. The largest absolute Gasteiger partial charge is 0.471 e. The lowest BCUT2D eigenvalue weighted by Crippen LogP contribution is -2.54. The molecule has 1 aliphatic heterocycles. The van der Waals surface area contributed by atoms with E-state index in [0.717, 1.165) is 4.90 Å². The van der Waals surface area contributed by atoms with Crippen LogP contribution in [0.5, 0.6) is 0 Å².